The second kappa shape index (κ2) is 6.16. The van der Waals surface area contributed by atoms with Crippen LogP contribution in [0.1, 0.15) is 27.7 Å². The molecule has 1 aliphatic rings. The summed E-state index contributed by atoms with van der Waals surface area (Å²) in [6.07, 6.45) is 1.15. The lowest BCUT2D eigenvalue weighted by Gasteiger charge is -2.16. The zero-order chi connectivity index (χ0) is 16.6. The quantitative estimate of drug-likeness (QED) is 0.813. The molecule has 1 heterocycles. The molecule has 0 N–H and O–H groups in total. The maximum atomic E-state index is 12.3. The average molecular weight is 329 g/mol. The van der Waals surface area contributed by atoms with Crippen LogP contribution < -0.4 is 0 Å². The van der Waals surface area contributed by atoms with Crippen LogP contribution in [-0.2, 0) is 22.4 Å². The fraction of sp³-hybridized carbons (Fsp3) is 0.333. The van der Waals surface area contributed by atoms with E-state index in [1.807, 2.05) is 18.2 Å². The summed E-state index contributed by atoms with van der Waals surface area (Å²) in [6.45, 7) is 1.60. The van der Waals surface area contributed by atoms with Crippen LogP contribution in [0.3, 0.4) is 0 Å². The summed E-state index contributed by atoms with van der Waals surface area (Å²) >= 11 is 1.45. The number of ether oxygens (including phenoxy) is 1. The van der Waals surface area contributed by atoms with E-state index in [9.17, 15) is 9.59 Å². The number of hydrogen-bond donors (Lipinski definition) is 0. The summed E-state index contributed by atoms with van der Waals surface area (Å²) in [5.41, 5.74) is 3.71. The van der Waals surface area contributed by atoms with Gasteiger partial charge in [0.15, 0.2) is 6.10 Å². The Morgan fingerprint density at radius 2 is 1.87 bits per heavy atom. The number of carbonyl (C=O) groups excluding carboxylic acids is 2. The van der Waals surface area contributed by atoms with Crippen LogP contribution in [0.25, 0.3) is 10.4 Å². The van der Waals surface area contributed by atoms with Crippen molar-refractivity contribution in [3.05, 3.63) is 46.3 Å². The number of thiophene rings is 1. The molecule has 0 spiro atoms. The molecule has 2 aromatic rings. The highest BCUT2D eigenvalue weighted by atomic mass is 32.1. The highest BCUT2D eigenvalue weighted by Gasteiger charge is 2.25. The Balaban J connectivity index is 1.83. The summed E-state index contributed by atoms with van der Waals surface area (Å²) in [6, 6.07) is 10.2. The van der Waals surface area contributed by atoms with E-state index in [1.54, 1.807) is 21.0 Å². The van der Waals surface area contributed by atoms with Crippen LogP contribution in [0.5, 0.6) is 0 Å². The van der Waals surface area contributed by atoms with E-state index in [4.69, 9.17) is 4.74 Å². The Labute approximate surface area is 139 Å². The van der Waals surface area contributed by atoms with Gasteiger partial charge >= 0.3 is 5.97 Å². The molecule has 23 heavy (non-hydrogen) atoms. The van der Waals surface area contributed by atoms with E-state index in [1.165, 1.54) is 32.9 Å². The molecule has 1 amide bonds. The van der Waals surface area contributed by atoms with Gasteiger partial charge in [0.05, 0.1) is 0 Å². The number of carbonyl (C=O) groups is 2. The maximum Gasteiger partial charge on any atom is 0.349 e. The van der Waals surface area contributed by atoms with E-state index < -0.39 is 12.1 Å². The van der Waals surface area contributed by atoms with Gasteiger partial charge in [-0.2, -0.15) is 0 Å². The molecule has 0 radical (unpaired) electrons. The van der Waals surface area contributed by atoms with Gasteiger partial charge in [-0.25, -0.2) is 4.79 Å². The van der Waals surface area contributed by atoms with Crippen LogP contribution in [0.2, 0.25) is 0 Å². The van der Waals surface area contributed by atoms with Crippen molar-refractivity contribution in [1.82, 2.24) is 4.90 Å². The zero-order valence-electron chi connectivity index (χ0n) is 13.5. The third-order valence-corrected chi connectivity index (χ3v) is 5.20. The standard InChI is InChI=1S/C18H19NO3S/c1-11(17(20)19(2)3)22-18(21)15-10-13-9-8-12-6-4-5-7-14(12)16(13)23-15/h4-7,10-11H,8-9H2,1-3H3/t11-/m0/s1. The van der Waals surface area contributed by atoms with Crippen LogP contribution in [0, 0.1) is 0 Å². The lowest BCUT2D eigenvalue weighted by atomic mass is 9.91. The molecule has 120 valence electrons. The number of likely N-dealkylation sites (N-methyl/N-ethyl adjacent to an activating group) is 1. The molecular formula is C18H19NO3S. The fourth-order valence-electron chi connectivity index (χ4n) is 2.80. The highest BCUT2D eigenvalue weighted by Crippen LogP contribution is 2.39. The number of hydrogen-bond acceptors (Lipinski definition) is 4. The van der Waals surface area contributed by atoms with Gasteiger partial charge in [-0.1, -0.05) is 24.3 Å². The van der Waals surface area contributed by atoms with E-state index in [0.29, 0.717) is 4.88 Å². The monoisotopic (exact) mass is 329 g/mol. The molecule has 1 aromatic carbocycles. The first kappa shape index (κ1) is 15.7. The topological polar surface area (TPSA) is 46.6 Å². The van der Waals surface area contributed by atoms with Gasteiger partial charge in [-0.15, -0.1) is 11.3 Å². The van der Waals surface area contributed by atoms with Gasteiger partial charge in [-0.3, -0.25) is 4.79 Å². The Bertz CT molecular complexity index is 763. The Morgan fingerprint density at radius 1 is 1.17 bits per heavy atom. The van der Waals surface area contributed by atoms with Crippen LogP contribution >= 0.6 is 11.3 Å². The third kappa shape index (κ3) is 3.01. The minimum atomic E-state index is -0.774. The lowest BCUT2D eigenvalue weighted by Crippen LogP contribution is -2.34. The van der Waals surface area contributed by atoms with Crippen LogP contribution in [0.15, 0.2) is 30.3 Å². The second-order valence-electron chi connectivity index (χ2n) is 5.90. The van der Waals surface area contributed by atoms with E-state index >= 15 is 0 Å². The van der Waals surface area contributed by atoms with Crippen molar-refractivity contribution >= 4 is 23.2 Å². The summed E-state index contributed by atoms with van der Waals surface area (Å²) in [5.74, 6) is -0.644. The number of aryl methyl sites for hydroxylation is 2. The van der Waals surface area contributed by atoms with Crippen molar-refractivity contribution < 1.29 is 14.3 Å². The molecular weight excluding hydrogens is 310 g/mol. The molecule has 0 fully saturated rings. The summed E-state index contributed by atoms with van der Waals surface area (Å²) < 4.78 is 5.31. The summed E-state index contributed by atoms with van der Waals surface area (Å²) in [4.78, 5) is 27.3. The van der Waals surface area contributed by atoms with Gasteiger partial charge in [-0.05, 0) is 42.5 Å². The van der Waals surface area contributed by atoms with Gasteiger partial charge in [0.25, 0.3) is 5.91 Å². The Hall–Kier alpha value is -2.14. The third-order valence-electron chi connectivity index (χ3n) is 4.01. The summed E-state index contributed by atoms with van der Waals surface area (Å²) in [7, 11) is 3.29. The van der Waals surface area contributed by atoms with Crippen molar-refractivity contribution in [2.24, 2.45) is 0 Å². The van der Waals surface area contributed by atoms with Gasteiger partial charge in [0.2, 0.25) is 0 Å². The number of rotatable bonds is 3. The summed E-state index contributed by atoms with van der Waals surface area (Å²) in [5, 5.41) is 0. The van der Waals surface area contributed by atoms with E-state index in [0.717, 1.165) is 17.7 Å². The Kier molecular flexibility index (Phi) is 4.22. The number of benzene rings is 1. The van der Waals surface area contributed by atoms with E-state index in [2.05, 4.69) is 12.1 Å². The number of esters is 1. The van der Waals surface area contributed by atoms with Gasteiger partial charge in [0, 0.05) is 19.0 Å². The number of amides is 1. The first-order valence-corrected chi connectivity index (χ1v) is 8.42. The van der Waals surface area contributed by atoms with Crippen molar-refractivity contribution in [3.63, 3.8) is 0 Å². The predicted molar refractivity (Wildman–Crippen MR) is 90.7 cm³/mol. The normalized spacial score (nSPS) is 13.7. The van der Waals surface area contributed by atoms with Gasteiger partial charge in [0.1, 0.15) is 4.88 Å². The minimum Gasteiger partial charge on any atom is -0.448 e. The molecule has 5 heteroatoms. The number of fused-ring (bicyclic) bond motifs is 3. The molecule has 1 atom stereocenters. The largest absolute Gasteiger partial charge is 0.448 e. The number of nitrogens with zero attached hydrogens (tertiary/aromatic N) is 1. The van der Waals surface area contributed by atoms with Crippen molar-refractivity contribution in [2.75, 3.05) is 14.1 Å². The molecule has 1 aliphatic carbocycles. The van der Waals surface area contributed by atoms with Crippen LogP contribution in [0.4, 0.5) is 0 Å². The lowest BCUT2D eigenvalue weighted by molar-refractivity contribution is -0.137. The smallest absolute Gasteiger partial charge is 0.349 e. The van der Waals surface area contributed by atoms with Crippen molar-refractivity contribution in [1.29, 1.82) is 0 Å². The maximum absolute atomic E-state index is 12.3. The van der Waals surface area contributed by atoms with Crippen molar-refractivity contribution in [2.45, 2.75) is 25.9 Å². The molecule has 0 aliphatic heterocycles. The molecule has 0 unspecified atom stereocenters. The first-order valence-electron chi connectivity index (χ1n) is 7.60. The van der Waals surface area contributed by atoms with Crippen LogP contribution in [-0.4, -0.2) is 37.0 Å². The highest BCUT2D eigenvalue weighted by molar-refractivity contribution is 7.17. The molecule has 3 rings (SSSR count). The minimum absolute atomic E-state index is 0.218. The fourth-order valence-corrected chi connectivity index (χ4v) is 3.96. The molecule has 0 saturated heterocycles. The molecule has 4 nitrogen and oxygen atoms in total. The average Bonchev–Trinajstić information content (AvgIpc) is 2.98. The van der Waals surface area contributed by atoms with E-state index in [-0.39, 0.29) is 5.91 Å². The zero-order valence-corrected chi connectivity index (χ0v) is 14.3. The molecule has 1 aromatic heterocycles. The Morgan fingerprint density at radius 3 is 2.61 bits per heavy atom. The van der Waals surface area contributed by atoms with Crippen molar-refractivity contribution in [3.8, 4) is 10.4 Å². The molecule has 0 bridgehead atoms. The SMILES string of the molecule is C[C@H](OC(=O)c1cc2c(s1)-c1ccccc1CC2)C(=O)N(C)C. The first-order chi connectivity index (χ1) is 11.0. The predicted octanol–water partition coefficient (Wildman–Crippen LogP) is 3.15. The second-order valence-corrected chi connectivity index (χ2v) is 6.95. The molecule has 0 saturated carbocycles. The van der Waals surface area contributed by atoms with Gasteiger partial charge < -0.3 is 9.64 Å².